The number of carbonyl (C=O) groups excluding carboxylic acids is 2. The van der Waals surface area contributed by atoms with Crippen LogP contribution in [0.15, 0.2) is 54.9 Å². The number of amides is 3. The van der Waals surface area contributed by atoms with E-state index in [-0.39, 0.29) is 22.8 Å². The number of aromatic nitrogens is 3. The molecule has 0 radical (unpaired) electrons. The van der Waals surface area contributed by atoms with Crippen molar-refractivity contribution in [2.45, 2.75) is 32.4 Å². The molecule has 5 rings (SSSR count). The Labute approximate surface area is 245 Å². The molecule has 3 amide bonds. The minimum Gasteiger partial charge on any atom is -0.339 e. The molecule has 224 valence electrons. The van der Waals surface area contributed by atoms with Crippen molar-refractivity contribution in [3.63, 3.8) is 0 Å². The van der Waals surface area contributed by atoms with Gasteiger partial charge < -0.3 is 20.1 Å². The fourth-order valence-electron chi connectivity index (χ4n) is 5.06. The SMILES string of the molecule is Cc1c(NC(=O)c2ccc(C(C)C(F)(F)F)cc2)cc(F)cc1-c1ncnc2[nH]c(C3=CCN(C(=O)N(C)C)CC3)cc12. The molecule has 0 bridgehead atoms. The van der Waals surface area contributed by atoms with Crippen LogP contribution in [0.4, 0.5) is 28.0 Å². The molecular formula is C31H30F4N6O2. The predicted octanol–water partition coefficient (Wildman–Crippen LogP) is 6.76. The Morgan fingerprint density at radius 2 is 1.81 bits per heavy atom. The van der Waals surface area contributed by atoms with Crippen molar-refractivity contribution >= 4 is 34.2 Å². The van der Waals surface area contributed by atoms with E-state index in [0.29, 0.717) is 47.4 Å². The summed E-state index contributed by atoms with van der Waals surface area (Å²) in [6.45, 7) is 3.81. The molecule has 2 aromatic carbocycles. The number of nitrogens with zero attached hydrogens (tertiary/aromatic N) is 4. The van der Waals surface area contributed by atoms with Gasteiger partial charge in [0, 0.05) is 55.1 Å². The third-order valence-electron chi connectivity index (χ3n) is 7.67. The quantitative estimate of drug-likeness (QED) is 0.250. The van der Waals surface area contributed by atoms with Gasteiger partial charge >= 0.3 is 12.2 Å². The molecule has 1 aliphatic rings. The molecule has 43 heavy (non-hydrogen) atoms. The molecule has 0 fully saturated rings. The molecule has 1 aliphatic heterocycles. The third kappa shape index (κ3) is 6.08. The van der Waals surface area contributed by atoms with Gasteiger partial charge in [0.2, 0.25) is 0 Å². The van der Waals surface area contributed by atoms with E-state index in [1.54, 1.807) is 25.9 Å². The summed E-state index contributed by atoms with van der Waals surface area (Å²) < 4.78 is 54.1. The number of hydrogen-bond acceptors (Lipinski definition) is 4. The van der Waals surface area contributed by atoms with Gasteiger partial charge in [-0.25, -0.2) is 19.2 Å². The fraction of sp³-hybridized carbons (Fsp3) is 0.290. The first-order valence-electron chi connectivity index (χ1n) is 13.6. The number of alkyl halides is 3. The molecule has 3 heterocycles. The normalized spacial score (nSPS) is 14.4. The molecule has 0 saturated heterocycles. The van der Waals surface area contributed by atoms with Crippen LogP contribution >= 0.6 is 0 Å². The van der Waals surface area contributed by atoms with Gasteiger partial charge in [-0.2, -0.15) is 13.2 Å². The molecular weight excluding hydrogens is 564 g/mol. The number of H-pyrrole nitrogens is 1. The van der Waals surface area contributed by atoms with Crippen molar-refractivity contribution in [1.29, 1.82) is 0 Å². The zero-order valence-corrected chi connectivity index (χ0v) is 24.0. The van der Waals surface area contributed by atoms with E-state index in [4.69, 9.17) is 0 Å². The maximum atomic E-state index is 14.9. The number of rotatable bonds is 5. The molecule has 0 spiro atoms. The number of aromatic amines is 1. The zero-order valence-electron chi connectivity index (χ0n) is 24.0. The number of hydrogen-bond donors (Lipinski definition) is 2. The highest BCUT2D eigenvalue weighted by atomic mass is 19.4. The highest BCUT2D eigenvalue weighted by Gasteiger charge is 2.37. The minimum atomic E-state index is -4.40. The number of benzene rings is 2. The lowest BCUT2D eigenvalue weighted by Gasteiger charge is -2.28. The lowest BCUT2D eigenvalue weighted by atomic mass is 9.98. The maximum absolute atomic E-state index is 14.9. The second-order valence-electron chi connectivity index (χ2n) is 10.7. The van der Waals surface area contributed by atoms with Gasteiger partial charge in [0.25, 0.3) is 5.91 Å². The Bertz CT molecular complexity index is 1730. The van der Waals surface area contributed by atoms with Crippen LogP contribution in [-0.4, -0.2) is 70.1 Å². The summed E-state index contributed by atoms with van der Waals surface area (Å²) >= 11 is 0. The Hall–Kier alpha value is -4.74. The highest BCUT2D eigenvalue weighted by molar-refractivity contribution is 6.05. The van der Waals surface area contributed by atoms with Crippen molar-refractivity contribution in [2.24, 2.45) is 0 Å². The third-order valence-corrected chi connectivity index (χ3v) is 7.67. The van der Waals surface area contributed by atoms with Gasteiger partial charge in [0.05, 0.1) is 11.6 Å². The standard InChI is InChI=1S/C31H30F4N6O2/c1-17-23(13-22(32)14-25(17)39-29(42)21-7-5-19(6-8-21)18(2)31(33,34)35)27-24-15-26(38-28(24)37-16-36-27)20-9-11-41(12-10-20)30(43)40(3)4/h5-9,13-16,18H,10-12H2,1-4H3,(H,39,42)(H,36,37,38). The van der Waals surface area contributed by atoms with Crippen LogP contribution in [0.3, 0.4) is 0 Å². The monoisotopic (exact) mass is 594 g/mol. The Morgan fingerprint density at radius 3 is 2.44 bits per heavy atom. The highest BCUT2D eigenvalue weighted by Crippen LogP contribution is 2.36. The van der Waals surface area contributed by atoms with Crippen LogP contribution in [0.2, 0.25) is 0 Å². The van der Waals surface area contributed by atoms with E-state index in [0.717, 1.165) is 18.2 Å². The summed E-state index contributed by atoms with van der Waals surface area (Å²) in [7, 11) is 3.42. The van der Waals surface area contributed by atoms with Gasteiger partial charge in [-0.3, -0.25) is 4.79 Å². The zero-order chi connectivity index (χ0) is 31.1. The van der Waals surface area contributed by atoms with Crippen LogP contribution in [0.1, 0.15) is 46.4 Å². The summed E-state index contributed by atoms with van der Waals surface area (Å²) in [5.74, 6) is -2.87. The average molecular weight is 595 g/mol. The first kappa shape index (κ1) is 29.7. The summed E-state index contributed by atoms with van der Waals surface area (Å²) in [5.41, 5.74) is 4.23. The smallest absolute Gasteiger partial charge is 0.339 e. The van der Waals surface area contributed by atoms with Crippen molar-refractivity contribution < 1.29 is 27.2 Å². The molecule has 0 aliphatic carbocycles. The van der Waals surface area contributed by atoms with Gasteiger partial charge in [0.15, 0.2) is 0 Å². The van der Waals surface area contributed by atoms with Crippen molar-refractivity contribution in [1.82, 2.24) is 24.8 Å². The van der Waals surface area contributed by atoms with Crippen molar-refractivity contribution in [3.05, 3.63) is 83.1 Å². The van der Waals surface area contributed by atoms with Crippen LogP contribution in [-0.2, 0) is 0 Å². The van der Waals surface area contributed by atoms with Crippen LogP contribution in [0.5, 0.6) is 0 Å². The predicted molar refractivity (Wildman–Crippen MR) is 156 cm³/mol. The second kappa shape index (κ2) is 11.5. The molecule has 1 atom stereocenters. The summed E-state index contributed by atoms with van der Waals surface area (Å²) in [4.78, 5) is 40.6. The lowest BCUT2D eigenvalue weighted by Crippen LogP contribution is -2.41. The average Bonchev–Trinajstić information content (AvgIpc) is 3.42. The van der Waals surface area contributed by atoms with Gasteiger partial charge in [-0.15, -0.1) is 0 Å². The van der Waals surface area contributed by atoms with E-state index in [9.17, 15) is 27.2 Å². The Morgan fingerprint density at radius 1 is 1.09 bits per heavy atom. The summed E-state index contributed by atoms with van der Waals surface area (Å²) in [6.07, 6.45) is -0.399. The molecule has 12 heteroatoms. The number of nitrogens with one attached hydrogen (secondary N) is 2. The molecule has 8 nitrogen and oxygen atoms in total. The van der Waals surface area contributed by atoms with Gasteiger partial charge in [0.1, 0.15) is 17.8 Å². The van der Waals surface area contributed by atoms with E-state index in [1.807, 2.05) is 12.1 Å². The lowest BCUT2D eigenvalue weighted by molar-refractivity contribution is -0.146. The summed E-state index contributed by atoms with van der Waals surface area (Å²) in [6, 6.07) is 9.50. The second-order valence-corrected chi connectivity index (χ2v) is 10.7. The largest absolute Gasteiger partial charge is 0.395 e. The number of carbonyl (C=O) groups is 2. The number of fused-ring (bicyclic) bond motifs is 1. The first-order valence-corrected chi connectivity index (χ1v) is 13.6. The molecule has 2 aromatic heterocycles. The van der Waals surface area contributed by atoms with E-state index < -0.39 is 23.8 Å². The van der Waals surface area contributed by atoms with Crippen molar-refractivity contribution in [3.8, 4) is 11.3 Å². The number of halogens is 4. The Kier molecular flexibility index (Phi) is 7.96. The van der Waals surface area contributed by atoms with E-state index in [1.165, 1.54) is 47.6 Å². The van der Waals surface area contributed by atoms with E-state index in [2.05, 4.69) is 20.3 Å². The number of urea groups is 1. The minimum absolute atomic E-state index is 0.0373. The van der Waals surface area contributed by atoms with Crippen LogP contribution in [0, 0.1) is 12.7 Å². The molecule has 2 N–H and O–H groups in total. The number of anilines is 1. The molecule has 0 saturated carbocycles. The first-order chi connectivity index (χ1) is 20.3. The molecule has 1 unspecified atom stereocenters. The topological polar surface area (TPSA) is 94.2 Å². The summed E-state index contributed by atoms with van der Waals surface area (Å²) in [5, 5.41) is 3.34. The van der Waals surface area contributed by atoms with Crippen LogP contribution < -0.4 is 5.32 Å². The van der Waals surface area contributed by atoms with Gasteiger partial charge in [-0.1, -0.05) is 18.2 Å². The van der Waals surface area contributed by atoms with E-state index >= 15 is 0 Å². The Balaban J connectivity index is 1.42. The van der Waals surface area contributed by atoms with Gasteiger partial charge in [-0.05, 0) is 67.3 Å². The maximum Gasteiger partial charge on any atom is 0.395 e. The van der Waals surface area contributed by atoms with Crippen LogP contribution in [0.25, 0.3) is 27.9 Å². The fourth-order valence-corrected chi connectivity index (χ4v) is 5.06. The van der Waals surface area contributed by atoms with Crippen molar-refractivity contribution in [2.75, 3.05) is 32.5 Å². The molecule has 4 aromatic rings.